The molecule has 0 radical (unpaired) electrons. The zero-order valence-electron chi connectivity index (χ0n) is 30.9. The molecule has 2 nitrogen and oxygen atoms in total. The van der Waals surface area contributed by atoms with Gasteiger partial charge in [-0.25, -0.2) is 4.70 Å². The Labute approximate surface area is 284 Å². The van der Waals surface area contributed by atoms with Crippen molar-refractivity contribution >= 4 is 11.4 Å². The monoisotopic (exact) mass is 625 g/mol. The lowest BCUT2D eigenvalue weighted by atomic mass is 9.88. The smallest absolute Gasteiger partial charge is 0.207 e. The molecule has 1 aliphatic rings. The summed E-state index contributed by atoms with van der Waals surface area (Å²) < 4.78 is 1.51. The molecule has 0 saturated carbocycles. The molecule has 0 aliphatic carbocycles. The molecule has 2 aromatic rings. The Kier molecular flexibility index (Phi) is 17.7. The van der Waals surface area contributed by atoms with Gasteiger partial charge in [-0.15, -0.1) is 0 Å². The van der Waals surface area contributed by atoms with Gasteiger partial charge in [-0.05, 0) is 135 Å². The summed E-state index contributed by atoms with van der Waals surface area (Å²) in [7, 11) is 0. The number of rotatable bonds is 24. The maximum Gasteiger partial charge on any atom is 0.207 e. The first-order valence-electron chi connectivity index (χ1n) is 19.7. The summed E-state index contributed by atoms with van der Waals surface area (Å²) in [6, 6.07) is 9.71. The Hall–Kier alpha value is -2.48. The van der Waals surface area contributed by atoms with E-state index >= 15 is 0 Å². The minimum absolute atomic E-state index is 0.931. The van der Waals surface area contributed by atoms with Crippen LogP contribution < -0.4 is 0 Å². The highest BCUT2D eigenvalue weighted by atomic mass is 15.2. The molecule has 2 heteroatoms. The van der Waals surface area contributed by atoms with E-state index in [0.29, 0.717) is 0 Å². The van der Waals surface area contributed by atoms with Crippen LogP contribution >= 0.6 is 0 Å². The van der Waals surface area contributed by atoms with Gasteiger partial charge in [0, 0.05) is 23.3 Å². The maximum atomic E-state index is 11.9. The minimum Gasteiger partial charge on any atom is -0.493 e. The standard InChI is InChI=1S/C44H68N2/c1-7-13-19-23-35-31-39(32-36(24-20-14-8-2)41(35)27-17-11-5)43-29-30-44(46(43)45)40-33-37(25-21-15-9-3)42(28-18-12-6)38(34-40)26-22-16-10-4/h29-34H,7-28H2,1-6H3. The third-order valence-corrected chi connectivity index (χ3v) is 10.1. The molecule has 0 N–H and O–H groups in total. The van der Waals surface area contributed by atoms with Crippen molar-refractivity contribution in [1.29, 1.82) is 0 Å². The van der Waals surface area contributed by atoms with Gasteiger partial charge in [0.15, 0.2) is 0 Å². The van der Waals surface area contributed by atoms with Gasteiger partial charge in [0.05, 0.1) is 0 Å². The molecule has 2 aromatic carbocycles. The van der Waals surface area contributed by atoms with Crippen molar-refractivity contribution in [2.45, 2.75) is 183 Å². The number of nitrogens with zero attached hydrogens (tertiary/aromatic N) is 2. The fourth-order valence-electron chi connectivity index (χ4n) is 7.26. The van der Waals surface area contributed by atoms with Crippen molar-refractivity contribution in [1.82, 2.24) is 0 Å². The number of hydrogen-bond acceptors (Lipinski definition) is 0. The predicted octanol–water partition coefficient (Wildman–Crippen LogP) is 13.7. The lowest BCUT2D eigenvalue weighted by molar-refractivity contribution is -0.344. The summed E-state index contributed by atoms with van der Waals surface area (Å²) in [5.41, 5.74) is 25.4. The second-order valence-corrected chi connectivity index (χ2v) is 14.0. The second-order valence-electron chi connectivity index (χ2n) is 14.0. The number of allylic oxidation sites excluding steroid dienone is 2. The van der Waals surface area contributed by atoms with Gasteiger partial charge >= 0.3 is 0 Å². The molecular weight excluding hydrogens is 556 g/mol. The van der Waals surface area contributed by atoms with E-state index in [9.17, 15) is 5.53 Å². The Balaban J connectivity index is 2.02. The fourth-order valence-corrected chi connectivity index (χ4v) is 7.26. The van der Waals surface area contributed by atoms with E-state index < -0.39 is 0 Å². The summed E-state index contributed by atoms with van der Waals surface area (Å²) in [6.45, 7) is 13.8. The van der Waals surface area contributed by atoms with Crippen LogP contribution in [0.2, 0.25) is 0 Å². The highest BCUT2D eigenvalue weighted by Gasteiger charge is 2.26. The average Bonchev–Trinajstić information content (AvgIpc) is 3.45. The SMILES string of the molecule is CCCCCc1cc(C2=CC=C(c3cc(CCCCC)c(CCCC)c(CCCCC)c3)[N+]2=[N-])cc(CCCCC)c1CCCC. The van der Waals surface area contributed by atoms with E-state index in [-0.39, 0.29) is 0 Å². The molecule has 46 heavy (non-hydrogen) atoms. The van der Waals surface area contributed by atoms with Gasteiger partial charge in [0.2, 0.25) is 11.4 Å². The maximum absolute atomic E-state index is 11.9. The molecule has 0 amide bonds. The molecule has 1 heterocycles. The average molecular weight is 625 g/mol. The molecule has 1 aliphatic heterocycles. The molecule has 0 atom stereocenters. The quantitative estimate of drug-likeness (QED) is 0.0820. The third kappa shape index (κ3) is 11.1. The Morgan fingerprint density at radius 1 is 0.391 bits per heavy atom. The van der Waals surface area contributed by atoms with Crippen molar-refractivity contribution in [3.8, 4) is 0 Å². The van der Waals surface area contributed by atoms with Crippen LogP contribution in [0, 0.1) is 0 Å². The van der Waals surface area contributed by atoms with Crippen molar-refractivity contribution in [2.24, 2.45) is 0 Å². The zero-order valence-corrected chi connectivity index (χ0v) is 30.9. The predicted molar refractivity (Wildman–Crippen MR) is 203 cm³/mol. The van der Waals surface area contributed by atoms with Crippen LogP contribution in [0.15, 0.2) is 36.4 Å². The Morgan fingerprint density at radius 2 is 0.674 bits per heavy atom. The van der Waals surface area contributed by atoms with Crippen LogP contribution in [-0.4, -0.2) is 4.70 Å². The number of hydrogen-bond donors (Lipinski definition) is 0. The van der Waals surface area contributed by atoms with Gasteiger partial charge in [0.1, 0.15) is 0 Å². The van der Waals surface area contributed by atoms with Crippen LogP contribution in [0.1, 0.15) is 189 Å². The summed E-state index contributed by atoms with van der Waals surface area (Å²) in [4.78, 5) is 0. The molecule has 3 rings (SSSR count). The normalized spacial score (nSPS) is 13.0. The molecule has 0 aromatic heterocycles. The molecule has 0 unspecified atom stereocenters. The molecule has 0 fully saturated rings. The van der Waals surface area contributed by atoms with Gasteiger partial charge in [0.25, 0.3) is 0 Å². The number of aryl methyl sites for hydroxylation is 4. The van der Waals surface area contributed by atoms with Crippen molar-refractivity contribution in [3.63, 3.8) is 0 Å². The van der Waals surface area contributed by atoms with E-state index in [1.807, 2.05) is 0 Å². The zero-order chi connectivity index (χ0) is 33.1. The van der Waals surface area contributed by atoms with Crippen LogP contribution in [0.5, 0.6) is 0 Å². The van der Waals surface area contributed by atoms with Crippen molar-refractivity contribution in [3.05, 3.63) is 86.5 Å². The van der Waals surface area contributed by atoms with Crippen LogP contribution in [-0.2, 0) is 38.5 Å². The van der Waals surface area contributed by atoms with Crippen LogP contribution in [0.4, 0.5) is 0 Å². The first-order valence-corrected chi connectivity index (χ1v) is 19.7. The lowest BCUT2D eigenvalue weighted by Crippen LogP contribution is -2.08. The first-order chi connectivity index (χ1) is 22.5. The molecule has 254 valence electrons. The molecular formula is C44H68N2. The first kappa shape index (κ1) is 38.0. The molecule has 0 bridgehead atoms. The summed E-state index contributed by atoms with van der Waals surface area (Å²) in [5.74, 6) is 0. The van der Waals surface area contributed by atoms with E-state index in [1.165, 1.54) is 154 Å². The second kappa shape index (κ2) is 21.4. The van der Waals surface area contributed by atoms with Gasteiger partial charge in [-0.1, -0.05) is 106 Å². The topological polar surface area (TPSA) is 25.3 Å². The highest BCUT2D eigenvalue weighted by Crippen LogP contribution is 2.36. The Morgan fingerprint density at radius 3 is 0.935 bits per heavy atom. The van der Waals surface area contributed by atoms with E-state index in [0.717, 1.165) is 37.1 Å². The summed E-state index contributed by atoms with van der Waals surface area (Å²) in [6.07, 6.45) is 31.2. The third-order valence-electron chi connectivity index (χ3n) is 10.1. The Bertz CT molecular complexity index is 1120. The van der Waals surface area contributed by atoms with E-state index in [1.54, 1.807) is 11.1 Å². The van der Waals surface area contributed by atoms with Gasteiger partial charge in [-0.2, -0.15) is 0 Å². The number of benzene rings is 2. The van der Waals surface area contributed by atoms with Crippen LogP contribution in [0.25, 0.3) is 16.9 Å². The van der Waals surface area contributed by atoms with Gasteiger partial charge in [-0.3, -0.25) is 0 Å². The minimum atomic E-state index is 0.931. The van der Waals surface area contributed by atoms with Gasteiger partial charge < -0.3 is 5.53 Å². The molecule has 0 saturated heterocycles. The highest BCUT2D eigenvalue weighted by molar-refractivity contribution is 5.76. The summed E-state index contributed by atoms with van der Waals surface area (Å²) in [5, 5.41) is 0. The summed E-state index contributed by atoms with van der Waals surface area (Å²) >= 11 is 0. The largest absolute Gasteiger partial charge is 0.493 e. The van der Waals surface area contributed by atoms with E-state index in [2.05, 4.69) is 78.0 Å². The van der Waals surface area contributed by atoms with E-state index in [4.69, 9.17) is 0 Å². The van der Waals surface area contributed by atoms with Crippen molar-refractivity contribution < 1.29 is 4.70 Å². The fraction of sp³-hybridized carbons (Fsp3) is 0.636. The number of unbranched alkanes of at least 4 members (excludes halogenated alkanes) is 10. The van der Waals surface area contributed by atoms with Crippen molar-refractivity contribution in [2.75, 3.05) is 0 Å². The lowest BCUT2D eigenvalue weighted by Gasteiger charge is -2.20. The molecule has 0 spiro atoms. The van der Waals surface area contributed by atoms with Crippen LogP contribution in [0.3, 0.4) is 0 Å².